The lowest BCUT2D eigenvalue weighted by atomic mass is 10.2. The Hall–Kier alpha value is -1.95. The molecule has 0 unspecified atom stereocenters. The first kappa shape index (κ1) is 14.5. The van der Waals surface area contributed by atoms with Crippen LogP contribution in [0.3, 0.4) is 0 Å². The molecule has 3 nitrogen and oxygen atoms in total. The molecule has 0 amide bonds. The lowest BCUT2D eigenvalue weighted by Gasteiger charge is -2.08. The third kappa shape index (κ3) is 3.33. The maximum atomic E-state index is 13.6. The molecule has 2 aromatic rings. The van der Waals surface area contributed by atoms with Gasteiger partial charge in [-0.25, -0.2) is 13.6 Å². The monoisotopic (exact) mass is 342 g/mol. The van der Waals surface area contributed by atoms with Crippen LogP contribution in [0.4, 0.5) is 8.78 Å². The molecule has 0 aliphatic carbocycles. The van der Waals surface area contributed by atoms with Crippen molar-refractivity contribution >= 4 is 21.9 Å². The van der Waals surface area contributed by atoms with Crippen molar-refractivity contribution in [2.24, 2.45) is 0 Å². The van der Waals surface area contributed by atoms with Gasteiger partial charge in [-0.05, 0) is 51.8 Å². The van der Waals surface area contributed by atoms with Crippen molar-refractivity contribution in [1.29, 1.82) is 0 Å². The molecule has 0 saturated heterocycles. The molecule has 0 fully saturated rings. The second-order valence-corrected chi connectivity index (χ2v) is 4.84. The van der Waals surface area contributed by atoms with Crippen LogP contribution in [0, 0.1) is 11.6 Å². The van der Waals surface area contributed by atoms with Gasteiger partial charge in [0, 0.05) is 0 Å². The van der Waals surface area contributed by atoms with Gasteiger partial charge in [-0.2, -0.15) is 0 Å². The molecule has 104 valence electrons. The standard InChI is InChI=1S/C14H9BrF2O3/c15-10-5-8(1-3-11(10)16)7-20-13-4-2-9(14(18)19)6-12(13)17/h1-6H,7H2,(H,18,19). The highest BCUT2D eigenvalue weighted by atomic mass is 79.9. The SMILES string of the molecule is O=C(O)c1ccc(OCc2ccc(F)c(Br)c2)c(F)c1. The van der Waals surface area contributed by atoms with E-state index in [9.17, 15) is 13.6 Å². The van der Waals surface area contributed by atoms with Gasteiger partial charge in [0.1, 0.15) is 12.4 Å². The Morgan fingerprint density at radius 2 is 1.90 bits per heavy atom. The number of benzene rings is 2. The average Bonchev–Trinajstić information content (AvgIpc) is 2.41. The van der Waals surface area contributed by atoms with E-state index in [0.29, 0.717) is 10.0 Å². The zero-order chi connectivity index (χ0) is 14.7. The number of ether oxygens (including phenoxy) is 1. The van der Waals surface area contributed by atoms with Crippen LogP contribution in [0.1, 0.15) is 15.9 Å². The summed E-state index contributed by atoms with van der Waals surface area (Å²) < 4.78 is 32.2. The minimum absolute atomic E-state index is 0.0439. The number of carboxylic acid groups (broad SMARTS) is 1. The van der Waals surface area contributed by atoms with E-state index in [0.717, 1.165) is 6.07 Å². The number of hydrogen-bond donors (Lipinski definition) is 1. The lowest BCUT2D eigenvalue weighted by Crippen LogP contribution is -2.01. The Kier molecular flexibility index (Phi) is 4.34. The molecule has 0 aromatic heterocycles. The van der Waals surface area contributed by atoms with Gasteiger partial charge in [0.05, 0.1) is 10.0 Å². The summed E-state index contributed by atoms with van der Waals surface area (Å²) in [4.78, 5) is 10.7. The highest BCUT2D eigenvalue weighted by Gasteiger charge is 2.09. The topological polar surface area (TPSA) is 46.5 Å². The smallest absolute Gasteiger partial charge is 0.335 e. The molecule has 20 heavy (non-hydrogen) atoms. The van der Waals surface area contributed by atoms with Crippen LogP contribution in [0.25, 0.3) is 0 Å². The van der Waals surface area contributed by atoms with Crippen molar-refractivity contribution in [1.82, 2.24) is 0 Å². The summed E-state index contributed by atoms with van der Waals surface area (Å²) in [5.74, 6) is -2.43. The molecule has 0 heterocycles. The lowest BCUT2D eigenvalue weighted by molar-refractivity contribution is 0.0696. The summed E-state index contributed by atoms with van der Waals surface area (Å²) in [6, 6.07) is 7.70. The van der Waals surface area contributed by atoms with Crippen LogP contribution in [0.2, 0.25) is 0 Å². The molecular formula is C14H9BrF2O3. The van der Waals surface area contributed by atoms with Crippen molar-refractivity contribution < 1.29 is 23.4 Å². The summed E-state index contributed by atoms with van der Waals surface area (Å²) in [6.07, 6.45) is 0. The van der Waals surface area contributed by atoms with Crippen LogP contribution >= 0.6 is 15.9 Å². The third-order valence-corrected chi connectivity index (χ3v) is 3.16. The van der Waals surface area contributed by atoms with Gasteiger partial charge < -0.3 is 9.84 Å². The van der Waals surface area contributed by atoms with E-state index in [1.807, 2.05) is 0 Å². The van der Waals surface area contributed by atoms with Crippen LogP contribution in [-0.4, -0.2) is 11.1 Å². The summed E-state index contributed by atoms with van der Waals surface area (Å²) in [7, 11) is 0. The van der Waals surface area contributed by atoms with Gasteiger partial charge >= 0.3 is 5.97 Å². The van der Waals surface area contributed by atoms with Crippen LogP contribution in [0.15, 0.2) is 40.9 Å². The van der Waals surface area contributed by atoms with Crippen LogP contribution in [0.5, 0.6) is 5.75 Å². The fourth-order valence-corrected chi connectivity index (χ4v) is 1.97. The van der Waals surface area contributed by atoms with E-state index < -0.39 is 17.6 Å². The number of carbonyl (C=O) groups is 1. The van der Waals surface area contributed by atoms with Crippen molar-refractivity contribution in [2.45, 2.75) is 6.61 Å². The van der Waals surface area contributed by atoms with E-state index in [2.05, 4.69) is 15.9 Å². The summed E-state index contributed by atoms with van der Waals surface area (Å²) in [5.41, 5.74) is 0.499. The molecule has 0 aliphatic rings. The van der Waals surface area contributed by atoms with Gasteiger partial charge in [-0.1, -0.05) is 6.07 Å². The Bertz CT molecular complexity index is 659. The fraction of sp³-hybridized carbons (Fsp3) is 0.0714. The van der Waals surface area contributed by atoms with E-state index in [1.54, 1.807) is 0 Å². The van der Waals surface area contributed by atoms with E-state index in [-0.39, 0.29) is 17.9 Å². The van der Waals surface area contributed by atoms with E-state index >= 15 is 0 Å². The summed E-state index contributed by atoms with van der Waals surface area (Å²) in [6.45, 7) is 0.0439. The molecule has 6 heteroatoms. The number of aromatic carboxylic acids is 1. The zero-order valence-electron chi connectivity index (χ0n) is 10.1. The van der Waals surface area contributed by atoms with E-state index in [4.69, 9.17) is 9.84 Å². The van der Waals surface area contributed by atoms with Crippen LogP contribution in [-0.2, 0) is 6.61 Å². The third-order valence-electron chi connectivity index (χ3n) is 2.56. The maximum Gasteiger partial charge on any atom is 0.335 e. The maximum absolute atomic E-state index is 13.6. The Morgan fingerprint density at radius 1 is 1.15 bits per heavy atom. The van der Waals surface area contributed by atoms with Crippen molar-refractivity contribution in [3.05, 3.63) is 63.6 Å². The van der Waals surface area contributed by atoms with Crippen molar-refractivity contribution in [3.63, 3.8) is 0 Å². The van der Waals surface area contributed by atoms with Gasteiger partial charge in [-0.15, -0.1) is 0 Å². The first-order valence-electron chi connectivity index (χ1n) is 5.57. The first-order chi connectivity index (χ1) is 9.47. The molecule has 0 atom stereocenters. The molecule has 2 rings (SSSR count). The molecule has 0 aliphatic heterocycles. The number of carboxylic acids is 1. The predicted octanol–water partition coefficient (Wildman–Crippen LogP) is 4.00. The Labute approximate surface area is 121 Å². The minimum atomic E-state index is -1.21. The normalized spacial score (nSPS) is 10.3. The minimum Gasteiger partial charge on any atom is -0.486 e. The average molecular weight is 343 g/mol. The molecular weight excluding hydrogens is 334 g/mol. The number of halogens is 3. The summed E-state index contributed by atoms with van der Waals surface area (Å²) >= 11 is 3.04. The predicted molar refractivity (Wildman–Crippen MR) is 71.8 cm³/mol. The first-order valence-corrected chi connectivity index (χ1v) is 6.36. The number of hydrogen-bond acceptors (Lipinski definition) is 2. The fourth-order valence-electron chi connectivity index (χ4n) is 1.54. The van der Waals surface area contributed by atoms with Crippen molar-refractivity contribution in [3.8, 4) is 5.75 Å². The largest absolute Gasteiger partial charge is 0.486 e. The molecule has 2 aromatic carbocycles. The van der Waals surface area contributed by atoms with Gasteiger partial charge in [0.2, 0.25) is 0 Å². The van der Waals surface area contributed by atoms with Gasteiger partial charge in [0.15, 0.2) is 11.6 Å². The van der Waals surface area contributed by atoms with Gasteiger partial charge in [0.25, 0.3) is 0 Å². The van der Waals surface area contributed by atoms with Crippen molar-refractivity contribution in [2.75, 3.05) is 0 Å². The highest BCUT2D eigenvalue weighted by molar-refractivity contribution is 9.10. The summed E-state index contributed by atoms with van der Waals surface area (Å²) in [5, 5.41) is 8.72. The quantitative estimate of drug-likeness (QED) is 0.913. The van der Waals surface area contributed by atoms with Gasteiger partial charge in [-0.3, -0.25) is 0 Å². The molecule has 0 spiro atoms. The Balaban J connectivity index is 2.10. The second kappa shape index (κ2) is 6.00. The van der Waals surface area contributed by atoms with E-state index in [1.165, 1.54) is 30.3 Å². The molecule has 0 radical (unpaired) electrons. The molecule has 1 N–H and O–H groups in total. The highest BCUT2D eigenvalue weighted by Crippen LogP contribution is 2.21. The second-order valence-electron chi connectivity index (χ2n) is 3.99. The van der Waals surface area contributed by atoms with Crippen LogP contribution < -0.4 is 4.74 Å². The molecule has 0 bridgehead atoms. The molecule has 0 saturated carbocycles. The zero-order valence-corrected chi connectivity index (χ0v) is 11.7. The Morgan fingerprint density at radius 3 is 2.50 bits per heavy atom. The number of rotatable bonds is 4.